The van der Waals surface area contributed by atoms with Crippen LogP contribution >= 0.6 is 0 Å². The number of aryl methyl sites for hydroxylation is 1. The second-order valence-electron chi connectivity index (χ2n) is 5.76. The highest BCUT2D eigenvalue weighted by atomic mass is 16.2. The first-order valence-electron chi connectivity index (χ1n) is 7.47. The molecule has 2 rings (SSSR count). The molecule has 0 heterocycles. The number of nitrogens with one attached hydrogen (secondary N) is 1. The molecule has 1 aliphatic carbocycles. The maximum Gasteiger partial charge on any atom is 0.220 e. The number of carbonyl (C=O) groups is 2. The molecule has 1 aliphatic rings. The fourth-order valence-corrected chi connectivity index (χ4v) is 2.76. The highest BCUT2D eigenvalue weighted by Gasteiger charge is 2.25. The first-order valence-corrected chi connectivity index (χ1v) is 7.47. The normalized spacial score (nSPS) is 21.7. The summed E-state index contributed by atoms with van der Waals surface area (Å²) < 4.78 is 0. The van der Waals surface area contributed by atoms with Gasteiger partial charge in [0, 0.05) is 24.1 Å². The van der Waals surface area contributed by atoms with Crippen LogP contribution in [0, 0.1) is 5.92 Å². The molecule has 1 fully saturated rings. The van der Waals surface area contributed by atoms with Crippen molar-refractivity contribution in [1.29, 1.82) is 0 Å². The van der Waals surface area contributed by atoms with Gasteiger partial charge in [-0.15, -0.1) is 0 Å². The summed E-state index contributed by atoms with van der Waals surface area (Å²) in [5, 5.41) is 3.04. The van der Waals surface area contributed by atoms with Gasteiger partial charge in [0.05, 0.1) is 0 Å². The molecule has 5 N–H and O–H groups in total. The van der Waals surface area contributed by atoms with Crippen molar-refractivity contribution in [2.24, 2.45) is 11.7 Å². The Hall–Kier alpha value is -2.04. The van der Waals surface area contributed by atoms with E-state index < -0.39 is 0 Å². The number of anilines is 1. The summed E-state index contributed by atoms with van der Waals surface area (Å²) in [6, 6.07) is 7.76. The zero-order chi connectivity index (χ0) is 15.2. The van der Waals surface area contributed by atoms with Crippen molar-refractivity contribution in [3.8, 4) is 0 Å². The van der Waals surface area contributed by atoms with Gasteiger partial charge in [0.25, 0.3) is 0 Å². The molecule has 0 spiro atoms. The van der Waals surface area contributed by atoms with Crippen LogP contribution in [-0.2, 0) is 16.0 Å². The number of carbonyl (C=O) groups excluding carboxylic acids is 2. The number of primary amides is 1. The summed E-state index contributed by atoms with van der Waals surface area (Å²) in [6.45, 7) is 0. The molecular formula is C16H23N3O2. The van der Waals surface area contributed by atoms with Gasteiger partial charge in [0.1, 0.15) is 0 Å². The Morgan fingerprint density at radius 2 is 1.71 bits per heavy atom. The van der Waals surface area contributed by atoms with Crippen molar-refractivity contribution in [2.45, 2.75) is 44.6 Å². The van der Waals surface area contributed by atoms with E-state index in [1.165, 1.54) is 0 Å². The molecule has 0 bridgehead atoms. The maximum atomic E-state index is 11.9. The molecule has 1 saturated carbocycles. The molecule has 5 heteroatoms. The van der Waals surface area contributed by atoms with E-state index in [1.54, 1.807) is 0 Å². The van der Waals surface area contributed by atoms with Crippen molar-refractivity contribution < 1.29 is 9.59 Å². The number of nitrogens with two attached hydrogens (primary N) is 2. The van der Waals surface area contributed by atoms with Crippen molar-refractivity contribution in [2.75, 3.05) is 5.73 Å². The summed E-state index contributed by atoms with van der Waals surface area (Å²) in [6.07, 6.45) is 4.40. The van der Waals surface area contributed by atoms with E-state index in [2.05, 4.69) is 5.32 Å². The van der Waals surface area contributed by atoms with E-state index in [9.17, 15) is 9.59 Å². The Balaban J connectivity index is 1.70. The van der Waals surface area contributed by atoms with Crippen molar-refractivity contribution in [3.05, 3.63) is 29.8 Å². The zero-order valence-electron chi connectivity index (χ0n) is 12.2. The zero-order valence-corrected chi connectivity index (χ0v) is 12.2. The quantitative estimate of drug-likeness (QED) is 0.714. The lowest BCUT2D eigenvalue weighted by molar-refractivity contribution is -0.123. The Morgan fingerprint density at radius 1 is 1.10 bits per heavy atom. The summed E-state index contributed by atoms with van der Waals surface area (Å²) in [4.78, 5) is 23.0. The Bertz CT molecular complexity index is 491. The predicted octanol–water partition coefficient (Wildman–Crippen LogP) is 1.36. The van der Waals surface area contributed by atoms with Crippen LogP contribution in [0.5, 0.6) is 0 Å². The standard InChI is InChI=1S/C16H23N3O2/c17-13-6-1-11(2-7-13)3-10-15(20)19-14-8-4-12(5-9-14)16(18)21/h1-2,6-7,12,14H,3-5,8-10,17H2,(H2,18,21)(H,19,20). The van der Waals surface area contributed by atoms with Crippen LogP contribution in [-0.4, -0.2) is 17.9 Å². The number of hydrogen-bond acceptors (Lipinski definition) is 3. The summed E-state index contributed by atoms with van der Waals surface area (Å²) in [5.41, 5.74) is 12.8. The van der Waals surface area contributed by atoms with Crippen molar-refractivity contribution in [3.63, 3.8) is 0 Å². The second kappa shape index (κ2) is 7.11. The molecule has 21 heavy (non-hydrogen) atoms. The molecule has 0 aliphatic heterocycles. The third-order valence-electron chi connectivity index (χ3n) is 4.12. The Kier molecular flexibility index (Phi) is 5.20. The smallest absolute Gasteiger partial charge is 0.220 e. The third kappa shape index (κ3) is 4.77. The van der Waals surface area contributed by atoms with Gasteiger partial charge in [-0.2, -0.15) is 0 Å². The SMILES string of the molecule is NC(=O)C1CCC(NC(=O)CCc2ccc(N)cc2)CC1. The monoisotopic (exact) mass is 289 g/mol. The molecule has 5 nitrogen and oxygen atoms in total. The van der Waals surface area contributed by atoms with Crippen molar-refractivity contribution in [1.82, 2.24) is 5.32 Å². The summed E-state index contributed by atoms with van der Waals surface area (Å²) in [7, 11) is 0. The van der Waals surface area contributed by atoms with Crippen molar-refractivity contribution >= 4 is 17.5 Å². The highest BCUT2D eigenvalue weighted by molar-refractivity contribution is 5.77. The minimum Gasteiger partial charge on any atom is -0.399 e. The van der Waals surface area contributed by atoms with E-state index in [-0.39, 0.29) is 23.8 Å². The molecule has 2 amide bonds. The average Bonchev–Trinajstić information content (AvgIpc) is 2.47. The lowest BCUT2D eigenvalue weighted by Gasteiger charge is -2.27. The van der Waals surface area contributed by atoms with Gasteiger partial charge in [-0.05, 0) is 49.8 Å². The topological polar surface area (TPSA) is 98.2 Å². The lowest BCUT2D eigenvalue weighted by atomic mass is 9.85. The van der Waals surface area contributed by atoms with Crippen LogP contribution in [0.3, 0.4) is 0 Å². The minimum atomic E-state index is -0.219. The highest BCUT2D eigenvalue weighted by Crippen LogP contribution is 2.24. The Morgan fingerprint density at radius 3 is 2.29 bits per heavy atom. The van der Waals surface area contributed by atoms with Gasteiger partial charge < -0.3 is 16.8 Å². The van der Waals surface area contributed by atoms with Gasteiger partial charge >= 0.3 is 0 Å². The number of amides is 2. The summed E-state index contributed by atoms with van der Waals surface area (Å²) in [5.74, 6) is -0.176. The van der Waals surface area contributed by atoms with Gasteiger partial charge in [0.15, 0.2) is 0 Å². The Labute approximate surface area is 125 Å². The maximum absolute atomic E-state index is 11.9. The van der Waals surface area contributed by atoms with Crippen LogP contribution in [0.4, 0.5) is 5.69 Å². The molecule has 0 aromatic heterocycles. The second-order valence-corrected chi connectivity index (χ2v) is 5.76. The lowest BCUT2D eigenvalue weighted by Crippen LogP contribution is -2.39. The van der Waals surface area contributed by atoms with Crippen LogP contribution in [0.25, 0.3) is 0 Å². The van der Waals surface area contributed by atoms with Crippen LogP contribution in [0.2, 0.25) is 0 Å². The van der Waals surface area contributed by atoms with E-state index in [4.69, 9.17) is 11.5 Å². The molecular weight excluding hydrogens is 266 g/mol. The number of nitrogen functional groups attached to an aromatic ring is 1. The van der Waals surface area contributed by atoms with Gasteiger partial charge in [-0.25, -0.2) is 0 Å². The van der Waals surface area contributed by atoms with Crippen LogP contribution in [0.15, 0.2) is 24.3 Å². The molecule has 0 unspecified atom stereocenters. The molecule has 0 radical (unpaired) electrons. The molecule has 1 aromatic rings. The van der Waals surface area contributed by atoms with Gasteiger partial charge in [-0.1, -0.05) is 12.1 Å². The molecule has 0 saturated heterocycles. The van der Waals surface area contributed by atoms with E-state index in [1.807, 2.05) is 24.3 Å². The van der Waals surface area contributed by atoms with E-state index in [0.717, 1.165) is 36.9 Å². The number of benzene rings is 1. The fraction of sp³-hybridized carbons (Fsp3) is 0.500. The molecule has 114 valence electrons. The molecule has 0 atom stereocenters. The first kappa shape index (κ1) is 15.4. The van der Waals surface area contributed by atoms with Crippen LogP contribution < -0.4 is 16.8 Å². The average molecular weight is 289 g/mol. The number of rotatable bonds is 5. The minimum absolute atomic E-state index is 0.0204. The van der Waals surface area contributed by atoms with E-state index >= 15 is 0 Å². The third-order valence-corrected chi connectivity index (χ3v) is 4.12. The summed E-state index contributed by atoms with van der Waals surface area (Å²) >= 11 is 0. The van der Waals surface area contributed by atoms with E-state index in [0.29, 0.717) is 12.8 Å². The van der Waals surface area contributed by atoms with Gasteiger partial charge in [0.2, 0.25) is 11.8 Å². The van der Waals surface area contributed by atoms with Crippen LogP contribution in [0.1, 0.15) is 37.7 Å². The van der Waals surface area contributed by atoms with Gasteiger partial charge in [-0.3, -0.25) is 9.59 Å². The fourth-order valence-electron chi connectivity index (χ4n) is 2.76. The first-order chi connectivity index (χ1) is 10.0. The largest absolute Gasteiger partial charge is 0.399 e. The number of hydrogen-bond donors (Lipinski definition) is 3. The molecule has 1 aromatic carbocycles. The predicted molar refractivity (Wildman–Crippen MR) is 82.3 cm³/mol.